The van der Waals surface area contributed by atoms with Crippen LogP contribution in [-0.4, -0.2) is 21.9 Å². The topological polar surface area (TPSA) is 40.5 Å². The van der Waals surface area contributed by atoms with E-state index in [1.165, 1.54) is 32.1 Å². The van der Waals surface area contributed by atoms with Crippen LogP contribution in [0.3, 0.4) is 0 Å². The van der Waals surface area contributed by atoms with E-state index in [0.29, 0.717) is 11.3 Å². The molecule has 0 aromatic heterocycles. The summed E-state index contributed by atoms with van der Waals surface area (Å²) in [6, 6.07) is 0. The molecule has 0 spiro atoms. The molecule has 2 aliphatic carbocycles. The van der Waals surface area contributed by atoms with Crippen molar-refractivity contribution in [3.63, 3.8) is 0 Å². The van der Waals surface area contributed by atoms with Crippen molar-refractivity contribution in [3.05, 3.63) is 0 Å². The van der Waals surface area contributed by atoms with E-state index in [2.05, 4.69) is 13.8 Å². The summed E-state index contributed by atoms with van der Waals surface area (Å²) in [5.74, 6) is 2.03. The van der Waals surface area contributed by atoms with Crippen molar-refractivity contribution in [3.8, 4) is 0 Å². The molecule has 2 fully saturated rings. The number of aliphatic hydroxyl groups is 2. The molecular weight excluding hydrogens is 248 g/mol. The van der Waals surface area contributed by atoms with Crippen molar-refractivity contribution in [1.29, 1.82) is 0 Å². The average molecular weight is 282 g/mol. The lowest BCUT2D eigenvalue weighted by atomic mass is 9.61. The number of hydrogen-bond donors (Lipinski definition) is 2. The van der Waals surface area contributed by atoms with Crippen LogP contribution in [0.4, 0.5) is 0 Å². The van der Waals surface area contributed by atoms with Crippen LogP contribution in [-0.2, 0) is 0 Å². The molecule has 2 nitrogen and oxygen atoms in total. The SMILES string of the molecule is C[C@H](CCCC(C)(C)O)[C@H]1CC[C@H]2C(O)CCC[C@]12C. The van der Waals surface area contributed by atoms with Crippen molar-refractivity contribution in [2.45, 2.75) is 90.8 Å². The lowest BCUT2D eigenvalue weighted by Crippen LogP contribution is -2.41. The highest BCUT2D eigenvalue weighted by Crippen LogP contribution is 2.58. The van der Waals surface area contributed by atoms with Crippen LogP contribution in [0, 0.1) is 23.2 Å². The molecule has 118 valence electrons. The van der Waals surface area contributed by atoms with E-state index in [-0.39, 0.29) is 6.10 Å². The predicted molar refractivity (Wildman–Crippen MR) is 83.5 cm³/mol. The highest BCUT2D eigenvalue weighted by Gasteiger charge is 2.51. The van der Waals surface area contributed by atoms with Gasteiger partial charge in [0.1, 0.15) is 0 Å². The second-order valence-corrected chi connectivity index (χ2v) is 8.44. The highest BCUT2D eigenvalue weighted by molar-refractivity contribution is 5.01. The molecule has 0 amide bonds. The smallest absolute Gasteiger partial charge is 0.0591 e. The Labute approximate surface area is 125 Å². The van der Waals surface area contributed by atoms with Gasteiger partial charge in [-0.15, -0.1) is 0 Å². The van der Waals surface area contributed by atoms with Gasteiger partial charge in [0.25, 0.3) is 0 Å². The normalized spacial score (nSPS) is 39.6. The van der Waals surface area contributed by atoms with E-state index in [4.69, 9.17) is 0 Å². The maximum absolute atomic E-state index is 10.3. The van der Waals surface area contributed by atoms with Crippen LogP contribution in [0.1, 0.15) is 79.1 Å². The van der Waals surface area contributed by atoms with Gasteiger partial charge in [-0.1, -0.05) is 33.1 Å². The van der Waals surface area contributed by atoms with Gasteiger partial charge >= 0.3 is 0 Å². The minimum atomic E-state index is -0.525. The van der Waals surface area contributed by atoms with Crippen molar-refractivity contribution in [2.24, 2.45) is 23.2 Å². The Bertz CT molecular complexity index is 320. The maximum Gasteiger partial charge on any atom is 0.0591 e. The predicted octanol–water partition coefficient (Wildman–Crippen LogP) is 4.14. The van der Waals surface area contributed by atoms with Gasteiger partial charge in [0.15, 0.2) is 0 Å². The summed E-state index contributed by atoms with van der Waals surface area (Å²) in [6.07, 6.45) is 9.20. The van der Waals surface area contributed by atoms with E-state index in [9.17, 15) is 10.2 Å². The zero-order chi connectivity index (χ0) is 15.0. The molecule has 2 aliphatic rings. The first-order valence-electron chi connectivity index (χ1n) is 8.64. The zero-order valence-electron chi connectivity index (χ0n) is 13.9. The molecule has 0 bridgehead atoms. The molecule has 2 rings (SSSR count). The fraction of sp³-hybridized carbons (Fsp3) is 1.00. The summed E-state index contributed by atoms with van der Waals surface area (Å²) in [5.41, 5.74) is -0.158. The van der Waals surface area contributed by atoms with Gasteiger partial charge in [-0.2, -0.15) is 0 Å². The van der Waals surface area contributed by atoms with Gasteiger partial charge in [-0.3, -0.25) is 0 Å². The molecule has 0 saturated heterocycles. The average Bonchev–Trinajstić information content (AvgIpc) is 2.66. The van der Waals surface area contributed by atoms with E-state index >= 15 is 0 Å². The maximum atomic E-state index is 10.3. The monoisotopic (exact) mass is 282 g/mol. The van der Waals surface area contributed by atoms with Crippen molar-refractivity contribution in [2.75, 3.05) is 0 Å². The Morgan fingerprint density at radius 3 is 2.60 bits per heavy atom. The fourth-order valence-corrected chi connectivity index (χ4v) is 5.18. The van der Waals surface area contributed by atoms with E-state index < -0.39 is 5.60 Å². The molecule has 1 unspecified atom stereocenters. The molecule has 2 N–H and O–H groups in total. The largest absolute Gasteiger partial charge is 0.393 e. The van der Waals surface area contributed by atoms with Gasteiger partial charge in [0.2, 0.25) is 0 Å². The number of rotatable bonds is 5. The van der Waals surface area contributed by atoms with Crippen LogP contribution in [0.15, 0.2) is 0 Å². The number of aliphatic hydroxyl groups excluding tert-OH is 1. The summed E-state index contributed by atoms with van der Waals surface area (Å²) in [7, 11) is 0. The molecule has 0 aromatic carbocycles. The highest BCUT2D eigenvalue weighted by atomic mass is 16.3. The van der Waals surface area contributed by atoms with Gasteiger partial charge in [0.05, 0.1) is 11.7 Å². The number of fused-ring (bicyclic) bond motifs is 1. The Kier molecular flexibility index (Phi) is 4.86. The van der Waals surface area contributed by atoms with Gasteiger partial charge in [-0.05, 0) is 69.1 Å². The third kappa shape index (κ3) is 3.39. The first kappa shape index (κ1) is 16.3. The van der Waals surface area contributed by atoms with Crippen molar-refractivity contribution in [1.82, 2.24) is 0 Å². The quantitative estimate of drug-likeness (QED) is 0.795. The van der Waals surface area contributed by atoms with E-state index in [0.717, 1.165) is 31.1 Å². The zero-order valence-corrected chi connectivity index (χ0v) is 13.9. The molecule has 0 aliphatic heterocycles. The summed E-state index contributed by atoms with van der Waals surface area (Å²) in [4.78, 5) is 0. The fourth-order valence-electron chi connectivity index (χ4n) is 5.18. The minimum absolute atomic E-state index is 0.0534. The van der Waals surface area contributed by atoms with Crippen LogP contribution < -0.4 is 0 Å². The first-order valence-corrected chi connectivity index (χ1v) is 8.64. The molecule has 0 aromatic rings. The van der Waals surface area contributed by atoms with Crippen LogP contribution in [0.5, 0.6) is 0 Å². The Morgan fingerprint density at radius 1 is 1.25 bits per heavy atom. The second kappa shape index (κ2) is 5.96. The van der Waals surface area contributed by atoms with E-state index in [1.54, 1.807) is 0 Å². The molecule has 5 atom stereocenters. The van der Waals surface area contributed by atoms with Crippen molar-refractivity contribution >= 4 is 0 Å². The first-order chi connectivity index (χ1) is 9.24. The van der Waals surface area contributed by atoms with Crippen molar-refractivity contribution < 1.29 is 10.2 Å². The van der Waals surface area contributed by atoms with Crippen LogP contribution >= 0.6 is 0 Å². The molecule has 0 radical (unpaired) electrons. The summed E-state index contributed by atoms with van der Waals surface area (Å²) in [6.45, 7) is 8.64. The van der Waals surface area contributed by atoms with Gasteiger partial charge in [0, 0.05) is 0 Å². The van der Waals surface area contributed by atoms with Crippen LogP contribution in [0.25, 0.3) is 0 Å². The summed E-state index contributed by atoms with van der Waals surface area (Å²) >= 11 is 0. The number of hydrogen-bond acceptors (Lipinski definition) is 2. The molecular formula is C18H34O2. The minimum Gasteiger partial charge on any atom is -0.393 e. The second-order valence-electron chi connectivity index (χ2n) is 8.44. The van der Waals surface area contributed by atoms with Gasteiger partial charge < -0.3 is 10.2 Å². The molecule has 2 saturated carbocycles. The lowest BCUT2D eigenvalue weighted by Gasteiger charge is -2.45. The van der Waals surface area contributed by atoms with Gasteiger partial charge in [-0.25, -0.2) is 0 Å². The van der Waals surface area contributed by atoms with Crippen LogP contribution in [0.2, 0.25) is 0 Å². The molecule has 20 heavy (non-hydrogen) atoms. The third-order valence-electron chi connectivity index (χ3n) is 6.30. The summed E-state index contributed by atoms with van der Waals surface area (Å²) in [5, 5.41) is 20.1. The third-order valence-corrected chi connectivity index (χ3v) is 6.30. The lowest BCUT2D eigenvalue weighted by molar-refractivity contribution is -0.0283. The molecule has 0 heterocycles. The Hall–Kier alpha value is -0.0800. The summed E-state index contributed by atoms with van der Waals surface area (Å²) < 4.78 is 0. The Morgan fingerprint density at radius 2 is 1.95 bits per heavy atom. The molecule has 2 heteroatoms. The Balaban J connectivity index is 1.92. The van der Waals surface area contributed by atoms with E-state index in [1.807, 2.05) is 13.8 Å². The standard InChI is InChI=1S/C18H34O2/c1-13(7-5-11-17(2,3)20)14-9-10-15-16(19)8-6-12-18(14,15)4/h13-16,19-20H,5-12H2,1-4H3/t13-,14-,15+,16?,18-/m1/s1.